The molecule has 7 heteroatoms. The summed E-state index contributed by atoms with van der Waals surface area (Å²) < 4.78 is 11.0. The van der Waals surface area contributed by atoms with E-state index in [9.17, 15) is 14.4 Å². The molecule has 41 heavy (non-hydrogen) atoms. The summed E-state index contributed by atoms with van der Waals surface area (Å²) >= 11 is 0. The van der Waals surface area contributed by atoms with E-state index in [1.807, 2.05) is 24.3 Å². The number of methoxy groups -OCH3 is 1. The zero-order valence-electron chi connectivity index (χ0n) is 24.6. The molecule has 0 unspecified atom stereocenters. The second-order valence-electron chi connectivity index (χ2n) is 13.0. The largest absolute Gasteiger partial charge is 0.493 e. The molecule has 0 aromatic heterocycles. The van der Waals surface area contributed by atoms with Gasteiger partial charge in [0.05, 0.1) is 7.11 Å². The molecular weight excluding hydrogens is 518 g/mol. The lowest BCUT2D eigenvalue weighted by Gasteiger charge is -2.49. The van der Waals surface area contributed by atoms with E-state index in [-0.39, 0.29) is 22.4 Å². The van der Waals surface area contributed by atoms with Gasteiger partial charge in [-0.3, -0.25) is 9.59 Å². The molecule has 0 saturated carbocycles. The highest BCUT2D eigenvalue weighted by Crippen LogP contribution is 2.55. The normalized spacial score (nSPS) is 20.1. The van der Waals surface area contributed by atoms with Gasteiger partial charge in [0, 0.05) is 47.8 Å². The highest BCUT2D eigenvalue weighted by Gasteiger charge is 2.49. The molecule has 0 fully saturated rings. The second kappa shape index (κ2) is 10.8. The number of carbonyl (C=O) groups is 3. The van der Waals surface area contributed by atoms with E-state index in [4.69, 9.17) is 14.6 Å². The van der Waals surface area contributed by atoms with Crippen LogP contribution in [0.2, 0.25) is 0 Å². The molecule has 5 rings (SSSR count). The van der Waals surface area contributed by atoms with Gasteiger partial charge < -0.3 is 19.5 Å². The minimum atomic E-state index is -1.09. The van der Waals surface area contributed by atoms with Crippen molar-refractivity contribution in [1.82, 2.24) is 4.90 Å². The molecule has 2 aromatic carbocycles. The Labute approximate surface area is 241 Å². The maximum Gasteiger partial charge on any atom is 0.341 e. The fraction of sp³-hybridized carbons (Fsp3) is 0.441. The van der Waals surface area contributed by atoms with Gasteiger partial charge in [-0.25, -0.2) is 4.79 Å². The van der Waals surface area contributed by atoms with Crippen molar-refractivity contribution in [3.05, 3.63) is 82.2 Å². The van der Waals surface area contributed by atoms with Gasteiger partial charge in [-0.05, 0) is 53.4 Å². The SMILES string of the molecule is COc1cc(C2C3=C(CC(C)(C)CC3=O)N(CCc3ccccc3)C3=C2C(=O)CC(C)(C)C3)ccc1OCC(=O)O. The van der Waals surface area contributed by atoms with Gasteiger partial charge in [-0.2, -0.15) is 0 Å². The number of benzene rings is 2. The predicted molar refractivity (Wildman–Crippen MR) is 156 cm³/mol. The lowest BCUT2D eigenvalue weighted by Crippen LogP contribution is -2.45. The van der Waals surface area contributed by atoms with E-state index in [0.29, 0.717) is 42.0 Å². The Hall–Kier alpha value is -3.87. The molecular formula is C34H39NO6. The summed E-state index contributed by atoms with van der Waals surface area (Å²) in [5, 5.41) is 9.08. The number of carbonyl (C=O) groups excluding carboxylic acids is 2. The number of allylic oxidation sites excluding steroid dienone is 4. The van der Waals surface area contributed by atoms with Crippen molar-refractivity contribution in [2.45, 2.75) is 65.7 Å². The highest BCUT2D eigenvalue weighted by molar-refractivity contribution is 6.06. The molecule has 2 aromatic rings. The Bertz CT molecular complexity index is 1390. The van der Waals surface area contributed by atoms with Crippen LogP contribution in [0.25, 0.3) is 0 Å². The Morgan fingerprint density at radius 2 is 1.46 bits per heavy atom. The van der Waals surface area contributed by atoms with Crippen molar-refractivity contribution in [3.63, 3.8) is 0 Å². The molecule has 0 atom stereocenters. The fourth-order valence-corrected chi connectivity index (χ4v) is 6.66. The van der Waals surface area contributed by atoms with Crippen LogP contribution in [0.15, 0.2) is 71.1 Å². The first-order chi connectivity index (χ1) is 19.4. The molecule has 1 aliphatic heterocycles. The lowest BCUT2D eigenvalue weighted by molar-refractivity contribution is -0.139. The first-order valence-corrected chi connectivity index (χ1v) is 14.3. The Balaban J connectivity index is 1.67. The quantitative estimate of drug-likeness (QED) is 0.420. The van der Waals surface area contributed by atoms with Crippen LogP contribution in [0, 0.1) is 10.8 Å². The molecule has 1 heterocycles. The van der Waals surface area contributed by atoms with Crippen LogP contribution in [-0.2, 0) is 20.8 Å². The Kier molecular flexibility index (Phi) is 7.58. The molecule has 0 amide bonds. The third-order valence-corrected chi connectivity index (χ3v) is 8.36. The third-order valence-electron chi connectivity index (χ3n) is 8.36. The standard InChI is InChI=1S/C34H39NO6/c1-33(2)16-23-31(25(36)18-33)30(22-11-12-27(28(15-22)40-5)41-20-29(38)39)32-24(17-34(3,4)19-26(32)37)35(23)14-13-21-9-7-6-8-10-21/h6-12,15,30H,13-14,16-20H2,1-5H3,(H,38,39). The van der Waals surface area contributed by atoms with Gasteiger partial charge in [0.2, 0.25) is 0 Å². The van der Waals surface area contributed by atoms with Crippen LogP contribution in [0.4, 0.5) is 0 Å². The van der Waals surface area contributed by atoms with Crippen molar-refractivity contribution in [2.75, 3.05) is 20.3 Å². The Morgan fingerprint density at radius 3 is 2.00 bits per heavy atom. The van der Waals surface area contributed by atoms with Gasteiger partial charge >= 0.3 is 5.97 Å². The van der Waals surface area contributed by atoms with Crippen LogP contribution in [-0.4, -0.2) is 47.8 Å². The van der Waals surface area contributed by atoms with Gasteiger partial charge in [-0.15, -0.1) is 0 Å². The molecule has 0 radical (unpaired) electrons. The summed E-state index contributed by atoms with van der Waals surface area (Å²) in [5.41, 5.74) is 5.00. The molecule has 1 N–H and O–H groups in total. The first-order valence-electron chi connectivity index (χ1n) is 14.3. The van der Waals surface area contributed by atoms with E-state index in [0.717, 1.165) is 36.2 Å². The van der Waals surface area contributed by atoms with Crippen molar-refractivity contribution >= 4 is 17.5 Å². The molecule has 0 bridgehead atoms. The summed E-state index contributed by atoms with van der Waals surface area (Å²) in [5.74, 6) is -0.793. The van der Waals surface area contributed by atoms with Gasteiger partial charge in [0.25, 0.3) is 0 Å². The number of hydrogen-bond acceptors (Lipinski definition) is 6. The van der Waals surface area contributed by atoms with Crippen molar-refractivity contribution in [1.29, 1.82) is 0 Å². The minimum absolute atomic E-state index is 0.0697. The molecule has 2 aliphatic carbocycles. The lowest BCUT2D eigenvalue weighted by atomic mass is 9.63. The number of Topliss-reactive ketones (excluding diaryl/α,β-unsaturated/α-hetero) is 2. The molecule has 3 aliphatic rings. The number of ether oxygens (including phenoxy) is 2. The third kappa shape index (κ3) is 5.81. The number of aliphatic carboxylic acids is 1. The van der Waals surface area contributed by atoms with Gasteiger partial charge in [-0.1, -0.05) is 64.1 Å². The summed E-state index contributed by atoms with van der Waals surface area (Å²) in [7, 11) is 1.50. The summed E-state index contributed by atoms with van der Waals surface area (Å²) in [6, 6.07) is 15.6. The zero-order valence-corrected chi connectivity index (χ0v) is 24.6. The molecule has 7 nitrogen and oxygen atoms in total. The molecule has 0 spiro atoms. The summed E-state index contributed by atoms with van der Waals surface area (Å²) in [4.78, 5) is 41.4. The van der Waals surface area contributed by atoms with Crippen LogP contribution in [0.1, 0.15) is 70.4 Å². The smallest absolute Gasteiger partial charge is 0.341 e. The van der Waals surface area contributed by atoms with Crippen molar-refractivity contribution < 1.29 is 29.0 Å². The van der Waals surface area contributed by atoms with E-state index >= 15 is 0 Å². The van der Waals surface area contributed by atoms with Crippen molar-refractivity contribution in [2.24, 2.45) is 10.8 Å². The van der Waals surface area contributed by atoms with Crippen LogP contribution >= 0.6 is 0 Å². The highest BCUT2D eigenvalue weighted by atomic mass is 16.5. The maximum atomic E-state index is 14.0. The van der Waals surface area contributed by atoms with Gasteiger partial charge in [0.1, 0.15) is 0 Å². The molecule has 216 valence electrons. The second-order valence-corrected chi connectivity index (χ2v) is 13.0. The Morgan fingerprint density at radius 1 is 0.878 bits per heavy atom. The summed E-state index contributed by atoms with van der Waals surface area (Å²) in [6.45, 7) is 8.73. The minimum Gasteiger partial charge on any atom is -0.493 e. The predicted octanol–water partition coefficient (Wildman–Crippen LogP) is 6.09. The van der Waals surface area contributed by atoms with Crippen LogP contribution < -0.4 is 9.47 Å². The van der Waals surface area contributed by atoms with E-state index in [2.05, 4.69) is 44.7 Å². The average Bonchev–Trinajstić information content (AvgIpc) is 2.89. The average molecular weight is 558 g/mol. The van der Waals surface area contributed by atoms with Crippen LogP contribution in [0.3, 0.4) is 0 Å². The van der Waals surface area contributed by atoms with Crippen molar-refractivity contribution in [3.8, 4) is 11.5 Å². The number of hydrogen-bond donors (Lipinski definition) is 1. The van der Waals surface area contributed by atoms with Gasteiger partial charge in [0.15, 0.2) is 29.7 Å². The van der Waals surface area contributed by atoms with E-state index in [1.165, 1.54) is 12.7 Å². The topological polar surface area (TPSA) is 93.1 Å². The fourth-order valence-electron chi connectivity index (χ4n) is 6.66. The van der Waals surface area contributed by atoms with E-state index < -0.39 is 18.5 Å². The van der Waals surface area contributed by atoms with E-state index in [1.54, 1.807) is 12.1 Å². The number of ketones is 2. The number of carboxylic acid groups (broad SMARTS) is 1. The number of carboxylic acids is 1. The van der Waals surface area contributed by atoms with Crippen LogP contribution in [0.5, 0.6) is 11.5 Å². The monoisotopic (exact) mass is 557 g/mol. The summed E-state index contributed by atoms with van der Waals surface area (Å²) in [6.07, 6.45) is 3.09. The zero-order chi connectivity index (χ0) is 29.5. The molecule has 0 saturated heterocycles. The number of rotatable bonds is 8. The maximum absolute atomic E-state index is 14.0. The number of nitrogens with zero attached hydrogens (tertiary/aromatic N) is 1. The first kappa shape index (κ1) is 28.7.